The largest absolute Gasteiger partial charge is 0.325 e. The number of benzene rings is 2. The molecule has 1 heterocycles. The maximum absolute atomic E-state index is 12.7. The molecular formula is C20H20BrClN2O2. The molecule has 6 heteroatoms. The first-order valence-corrected chi connectivity index (χ1v) is 9.57. The molecule has 2 aromatic rings. The number of amides is 2. The van der Waals surface area contributed by atoms with Crippen LogP contribution in [0.1, 0.15) is 23.1 Å². The number of carbonyl (C=O) groups excluding carboxylic acids is 2. The Morgan fingerprint density at radius 1 is 1.15 bits per heavy atom. The van der Waals surface area contributed by atoms with Gasteiger partial charge >= 0.3 is 0 Å². The van der Waals surface area contributed by atoms with Crippen LogP contribution in [0, 0.1) is 26.7 Å². The van der Waals surface area contributed by atoms with E-state index in [4.69, 9.17) is 11.6 Å². The lowest BCUT2D eigenvalue weighted by Gasteiger charge is -2.18. The number of anilines is 2. The Bertz CT molecular complexity index is 898. The normalized spacial score (nSPS) is 16.9. The van der Waals surface area contributed by atoms with Crippen LogP contribution < -0.4 is 10.2 Å². The van der Waals surface area contributed by atoms with Crippen LogP contribution in [-0.2, 0) is 9.59 Å². The molecule has 4 nitrogen and oxygen atoms in total. The minimum absolute atomic E-state index is 0.0287. The molecule has 26 heavy (non-hydrogen) atoms. The molecule has 2 amide bonds. The first-order chi connectivity index (χ1) is 12.3. The van der Waals surface area contributed by atoms with Crippen molar-refractivity contribution in [3.05, 3.63) is 56.5 Å². The van der Waals surface area contributed by atoms with Gasteiger partial charge in [0.15, 0.2) is 0 Å². The Morgan fingerprint density at radius 3 is 2.58 bits per heavy atom. The van der Waals surface area contributed by atoms with E-state index < -0.39 is 0 Å². The summed E-state index contributed by atoms with van der Waals surface area (Å²) in [6.45, 7) is 6.34. The van der Waals surface area contributed by atoms with Crippen LogP contribution in [0.3, 0.4) is 0 Å². The Morgan fingerprint density at radius 2 is 1.88 bits per heavy atom. The number of nitrogens with zero attached hydrogens (tertiary/aromatic N) is 1. The van der Waals surface area contributed by atoms with Crippen LogP contribution >= 0.6 is 27.5 Å². The van der Waals surface area contributed by atoms with E-state index in [0.29, 0.717) is 17.3 Å². The monoisotopic (exact) mass is 434 g/mol. The van der Waals surface area contributed by atoms with Gasteiger partial charge in [0.05, 0.1) is 10.9 Å². The highest BCUT2D eigenvalue weighted by Crippen LogP contribution is 2.31. The second kappa shape index (κ2) is 7.41. The van der Waals surface area contributed by atoms with Crippen molar-refractivity contribution in [1.29, 1.82) is 0 Å². The van der Waals surface area contributed by atoms with Crippen molar-refractivity contribution in [2.45, 2.75) is 27.2 Å². The topological polar surface area (TPSA) is 49.4 Å². The standard InChI is InChI=1S/C20H20BrClN2O2/c1-11-4-5-15(6-12(11)2)24-10-14(8-19(24)25)20(26)23-18-9-17(22)16(21)7-13(18)3/h4-7,9,14H,8,10H2,1-3H3,(H,23,26)/t14-/m1/s1. The molecule has 3 rings (SSSR count). The van der Waals surface area contributed by atoms with Gasteiger partial charge in [-0.3, -0.25) is 9.59 Å². The fraction of sp³-hybridized carbons (Fsp3) is 0.300. The maximum Gasteiger partial charge on any atom is 0.229 e. The second-order valence-electron chi connectivity index (χ2n) is 6.74. The number of halogens is 2. The van der Waals surface area contributed by atoms with E-state index in [9.17, 15) is 9.59 Å². The molecule has 0 aliphatic carbocycles. The molecule has 0 bridgehead atoms. The summed E-state index contributed by atoms with van der Waals surface area (Å²) in [5.41, 5.74) is 4.72. The van der Waals surface area contributed by atoms with Crippen LogP contribution in [0.25, 0.3) is 0 Å². The molecule has 0 saturated carbocycles. The zero-order valence-corrected chi connectivity index (χ0v) is 17.2. The van der Waals surface area contributed by atoms with Gasteiger partial charge in [-0.05, 0) is 77.7 Å². The molecule has 0 spiro atoms. The summed E-state index contributed by atoms with van der Waals surface area (Å²) in [5, 5.41) is 3.44. The lowest BCUT2D eigenvalue weighted by Crippen LogP contribution is -2.28. The number of carbonyl (C=O) groups is 2. The predicted octanol–water partition coefficient (Wildman–Crippen LogP) is 5.02. The lowest BCUT2D eigenvalue weighted by molar-refractivity contribution is -0.122. The zero-order valence-electron chi connectivity index (χ0n) is 14.9. The van der Waals surface area contributed by atoms with E-state index in [1.807, 2.05) is 45.0 Å². The second-order valence-corrected chi connectivity index (χ2v) is 8.01. The highest BCUT2D eigenvalue weighted by Gasteiger charge is 2.35. The summed E-state index contributed by atoms with van der Waals surface area (Å²) in [4.78, 5) is 26.8. The molecule has 0 radical (unpaired) electrons. The Labute approximate surface area is 166 Å². The van der Waals surface area contributed by atoms with Crippen LogP contribution in [0.5, 0.6) is 0 Å². The van der Waals surface area contributed by atoms with Crippen LogP contribution in [0.2, 0.25) is 5.02 Å². The van der Waals surface area contributed by atoms with Gasteiger partial charge in [-0.25, -0.2) is 0 Å². The molecule has 2 aromatic carbocycles. The van der Waals surface area contributed by atoms with E-state index in [1.54, 1.807) is 11.0 Å². The molecule has 1 N–H and O–H groups in total. The van der Waals surface area contributed by atoms with Crippen LogP contribution in [0.4, 0.5) is 11.4 Å². The summed E-state index contributed by atoms with van der Waals surface area (Å²) < 4.78 is 0.784. The highest BCUT2D eigenvalue weighted by molar-refractivity contribution is 9.10. The van der Waals surface area contributed by atoms with Gasteiger partial charge in [0, 0.05) is 28.8 Å². The number of nitrogens with one attached hydrogen (secondary N) is 1. The summed E-state index contributed by atoms with van der Waals surface area (Å²) in [6.07, 6.45) is 0.210. The third-order valence-corrected chi connectivity index (χ3v) is 6.02. The summed E-state index contributed by atoms with van der Waals surface area (Å²) in [5.74, 6) is -0.573. The molecule has 1 fully saturated rings. The van der Waals surface area contributed by atoms with E-state index in [1.165, 1.54) is 5.56 Å². The van der Waals surface area contributed by atoms with Crippen molar-refractivity contribution in [1.82, 2.24) is 0 Å². The minimum atomic E-state index is -0.383. The maximum atomic E-state index is 12.7. The van der Waals surface area contributed by atoms with Crippen LogP contribution in [0.15, 0.2) is 34.8 Å². The zero-order chi connectivity index (χ0) is 19.0. The van der Waals surface area contributed by atoms with Crippen molar-refractivity contribution in [3.63, 3.8) is 0 Å². The van der Waals surface area contributed by atoms with Gasteiger partial charge in [-0.2, -0.15) is 0 Å². The fourth-order valence-electron chi connectivity index (χ4n) is 3.04. The predicted molar refractivity (Wildman–Crippen MR) is 109 cm³/mol. The molecule has 1 aliphatic rings. The Kier molecular flexibility index (Phi) is 5.39. The summed E-state index contributed by atoms with van der Waals surface area (Å²) in [7, 11) is 0. The highest BCUT2D eigenvalue weighted by atomic mass is 79.9. The van der Waals surface area contributed by atoms with Crippen molar-refractivity contribution >= 4 is 50.7 Å². The number of hydrogen-bond donors (Lipinski definition) is 1. The third-order valence-electron chi connectivity index (χ3n) is 4.82. The van der Waals surface area contributed by atoms with Gasteiger partial charge in [-0.1, -0.05) is 17.7 Å². The molecule has 0 unspecified atom stereocenters. The number of aryl methyl sites for hydroxylation is 3. The molecular weight excluding hydrogens is 416 g/mol. The number of hydrogen-bond acceptors (Lipinski definition) is 2. The molecule has 0 aromatic heterocycles. The van der Waals surface area contributed by atoms with E-state index in [0.717, 1.165) is 21.3 Å². The number of rotatable bonds is 3. The quantitative estimate of drug-likeness (QED) is 0.736. The first kappa shape index (κ1) is 18.9. The van der Waals surface area contributed by atoms with E-state index in [-0.39, 0.29) is 24.2 Å². The minimum Gasteiger partial charge on any atom is -0.325 e. The fourth-order valence-corrected chi connectivity index (χ4v) is 3.66. The molecule has 1 aliphatic heterocycles. The lowest BCUT2D eigenvalue weighted by atomic mass is 10.1. The van der Waals surface area contributed by atoms with E-state index in [2.05, 4.69) is 21.2 Å². The molecule has 1 saturated heterocycles. The molecule has 1 atom stereocenters. The van der Waals surface area contributed by atoms with Gasteiger partial charge in [0.25, 0.3) is 0 Å². The van der Waals surface area contributed by atoms with E-state index >= 15 is 0 Å². The summed E-state index contributed by atoms with van der Waals surface area (Å²) in [6, 6.07) is 9.50. The van der Waals surface area contributed by atoms with Crippen LogP contribution in [-0.4, -0.2) is 18.4 Å². The smallest absolute Gasteiger partial charge is 0.229 e. The SMILES string of the molecule is Cc1ccc(N2C[C@H](C(=O)Nc3cc(Cl)c(Br)cc3C)CC2=O)cc1C. The van der Waals surface area contributed by atoms with Gasteiger partial charge < -0.3 is 10.2 Å². The van der Waals surface area contributed by atoms with Crippen molar-refractivity contribution in [3.8, 4) is 0 Å². The average Bonchev–Trinajstić information content (AvgIpc) is 2.97. The summed E-state index contributed by atoms with van der Waals surface area (Å²) >= 11 is 9.49. The Hall–Kier alpha value is -1.85. The average molecular weight is 436 g/mol. The first-order valence-electron chi connectivity index (χ1n) is 8.40. The van der Waals surface area contributed by atoms with Gasteiger partial charge in [0.1, 0.15) is 0 Å². The molecule has 136 valence electrons. The van der Waals surface area contributed by atoms with Crippen molar-refractivity contribution in [2.75, 3.05) is 16.8 Å². The third kappa shape index (κ3) is 3.79. The van der Waals surface area contributed by atoms with Crippen molar-refractivity contribution in [2.24, 2.45) is 5.92 Å². The van der Waals surface area contributed by atoms with Crippen molar-refractivity contribution < 1.29 is 9.59 Å². The van der Waals surface area contributed by atoms with Gasteiger partial charge in [0.2, 0.25) is 11.8 Å². The Balaban J connectivity index is 1.75. The van der Waals surface area contributed by atoms with Gasteiger partial charge in [-0.15, -0.1) is 0 Å².